The summed E-state index contributed by atoms with van der Waals surface area (Å²) in [7, 11) is 0. The van der Waals surface area contributed by atoms with Gasteiger partial charge in [-0.25, -0.2) is 4.79 Å². The number of amides is 1. The van der Waals surface area contributed by atoms with Crippen LogP contribution >= 0.6 is 23.1 Å². The van der Waals surface area contributed by atoms with Gasteiger partial charge in [-0.3, -0.25) is 4.79 Å². The molecule has 1 aromatic rings. The molecule has 0 spiro atoms. The Morgan fingerprint density at radius 3 is 3.00 bits per heavy atom. The largest absolute Gasteiger partial charge is 0.478 e. The third-order valence-electron chi connectivity index (χ3n) is 2.16. The van der Waals surface area contributed by atoms with E-state index in [1.807, 2.05) is 17.7 Å². The molecule has 0 aliphatic carbocycles. The fraction of sp³-hybridized carbons (Fsp3) is 0.333. The van der Waals surface area contributed by atoms with Gasteiger partial charge in [-0.05, 0) is 29.3 Å². The first kappa shape index (κ1) is 14.8. The lowest BCUT2D eigenvalue weighted by molar-refractivity contribution is -0.131. The van der Waals surface area contributed by atoms with Crippen LogP contribution in [-0.2, 0) is 16.1 Å². The summed E-state index contributed by atoms with van der Waals surface area (Å²) in [6.45, 7) is 0.449. The highest BCUT2D eigenvalue weighted by atomic mass is 32.2. The van der Waals surface area contributed by atoms with Gasteiger partial charge < -0.3 is 10.4 Å². The zero-order valence-electron chi connectivity index (χ0n) is 10.0. The number of thioether (sulfide) groups is 1. The maximum Gasteiger partial charge on any atom is 0.328 e. The molecule has 18 heavy (non-hydrogen) atoms. The first-order chi connectivity index (χ1) is 8.63. The van der Waals surface area contributed by atoms with Crippen LogP contribution in [0.15, 0.2) is 17.5 Å². The van der Waals surface area contributed by atoms with E-state index in [1.165, 1.54) is 11.3 Å². The Morgan fingerprint density at radius 1 is 1.56 bits per heavy atom. The molecule has 0 aliphatic heterocycles. The Kier molecular flexibility index (Phi) is 6.53. The van der Waals surface area contributed by atoms with Gasteiger partial charge in [0, 0.05) is 23.1 Å². The third-order valence-corrected chi connectivity index (χ3v) is 3.71. The topological polar surface area (TPSA) is 66.4 Å². The van der Waals surface area contributed by atoms with E-state index < -0.39 is 5.97 Å². The fourth-order valence-electron chi connectivity index (χ4n) is 1.27. The maximum absolute atomic E-state index is 11.4. The predicted molar refractivity (Wildman–Crippen MR) is 75.8 cm³/mol. The molecular weight excluding hydrogens is 270 g/mol. The first-order valence-corrected chi connectivity index (χ1v) is 7.64. The van der Waals surface area contributed by atoms with Crippen LogP contribution in [0.25, 0.3) is 6.08 Å². The Labute approximate surface area is 114 Å². The van der Waals surface area contributed by atoms with E-state index in [0.29, 0.717) is 13.0 Å². The maximum atomic E-state index is 11.4. The Balaban J connectivity index is 2.50. The van der Waals surface area contributed by atoms with Crippen molar-refractivity contribution in [3.05, 3.63) is 28.0 Å². The van der Waals surface area contributed by atoms with Crippen LogP contribution in [0.2, 0.25) is 0 Å². The van der Waals surface area contributed by atoms with Gasteiger partial charge in [0.05, 0.1) is 6.54 Å². The van der Waals surface area contributed by atoms with Crippen LogP contribution in [-0.4, -0.2) is 29.0 Å². The number of carboxylic acid groups (broad SMARTS) is 1. The molecule has 0 atom stereocenters. The molecule has 0 radical (unpaired) electrons. The Hall–Kier alpha value is -1.27. The number of aliphatic carboxylic acids is 1. The predicted octanol–water partition coefficient (Wildman–Crippen LogP) is 2.22. The molecule has 0 bridgehead atoms. The van der Waals surface area contributed by atoms with Gasteiger partial charge in [0.1, 0.15) is 0 Å². The molecule has 1 rings (SSSR count). The molecule has 98 valence electrons. The van der Waals surface area contributed by atoms with Crippen molar-refractivity contribution in [3.8, 4) is 0 Å². The molecule has 0 unspecified atom stereocenters. The number of carboxylic acids is 1. The van der Waals surface area contributed by atoms with E-state index in [0.717, 1.165) is 22.3 Å². The number of rotatable bonds is 7. The highest BCUT2D eigenvalue weighted by molar-refractivity contribution is 7.98. The van der Waals surface area contributed by atoms with Gasteiger partial charge in [-0.1, -0.05) is 0 Å². The summed E-state index contributed by atoms with van der Waals surface area (Å²) in [5.74, 6) is -0.149. The number of hydrogen-bond acceptors (Lipinski definition) is 4. The van der Waals surface area contributed by atoms with Gasteiger partial charge in [0.2, 0.25) is 5.91 Å². The van der Waals surface area contributed by atoms with Crippen molar-refractivity contribution < 1.29 is 14.7 Å². The van der Waals surface area contributed by atoms with Gasteiger partial charge in [-0.15, -0.1) is 11.3 Å². The van der Waals surface area contributed by atoms with Crippen molar-refractivity contribution in [1.29, 1.82) is 0 Å². The second-order valence-electron chi connectivity index (χ2n) is 3.49. The van der Waals surface area contributed by atoms with Gasteiger partial charge >= 0.3 is 5.97 Å². The molecule has 1 aromatic heterocycles. The lowest BCUT2D eigenvalue weighted by Crippen LogP contribution is -2.22. The Bertz CT molecular complexity index is 440. The van der Waals surface area contributed by atoms with Crippen LogP contribution in [0.3, 0.4) is 0 Å². The standard InChI is InChI=1S/C12H15NO3S2/c1-17-6-5-11(14)13-8-10-9(4-7-18-10)2-3-12(15)16/h2-4,7H,5-6,8H2,1H3,(H,13,14)(H,15,16). The van der Waals surface area contributed by atoms with Gasteiger partial charge in [0.25, 0.3) is 0 Å². The van der Waals surface area contributed by atoms with Crippen molar-refractivity contribution in [2.45, 2.75) is 13.0 Å². The number of hydrogen-bond donors (Lipinski definition) is 2. The van der Waals surface area contributed by atoms with E-state index in [4.69, 9.17) is 5.11 Å². The van der Waals surface area contributed by atoms with E-state index in [9.17, 15) is 9.59 Å². The van der Waals surface area contributed by atoms with Crippen molar-refractivity contribution in [2.24, 2.45) is 0 Å². The summed E-state index contributed by atoms with van der Waals surface area (Å²) in [6, 6.07) is 1.84. The number of carbonyl (C=O) groups is 2. The highest BCUT2D eigenvalue weighted by Crippen LogP contribution is 2.18. The van der Waals surface area contributed by atoms with Crippen LogP contribution in [0, 0.1) is 0 Å². The van der Waals surface area contributed by atoms with E-state index in [2.05, 4.69) is 5.32 Å². The van der Waals surface area contributed by atoms with Crippen LogP contribution in [0.4, 0.5) is 0 Å². The van der Waals surface area contributed by atoms with Gasteiger partial charge in [0.15, 0.2) is 0 Å². The van der Waals surface area contributed by atoms with E-state index in [1.54, 1.807) is 17.8 Å². The monoisotopic (exact) mass is 285 g/mol. The summed E-state index contributed by atoms with van der Waals surface area (Å²) >= 11 is 3.14. The molecule has 4 nitrogen and oxygen atoms in total. The van der Waals surface area contributed by atoms with Crippen LogP contribution in [0.1, 0.15) is 16.9 Å². The van der Waals surface area contributed by atoms with Crippen molar-refractivity contribution in [3.63, 3.8) is 0 Å². The molecule has 1 heterocycles. The second kappa shape index (κ2) is 7.94. The SMILES string of the molecule is CSCCC(=O)NCc1sccc1C=CC(=O)O. The molecular formula is C12H15NO3S2. The minimum atomic E-state index is -0.976. The van der Waals surface area contributed by atoms with Crippen molar-refractivity contribution in [1.82, 2.24) is 5.32 Å². The summed E-state index contributed by atoms with van der Waals surface area (Å²) in [5.41, 5.74) is 0.840. The normalized spacial score (nSPS) is 10.7. The molecule has 0 aliphatic rings. The molecule has 0 saturated heterocycles. The summed E-state index contributed by atoms with van der Waals surface area (Å²) < 4.78 is 0. The minimum Gasteiger partial charge on any atom is -0.478 e. The lowest BCUT2D eigenvalue weighted by Gasteiger charge is -2.03. The zero-order valence-corrected chi connectivity index (χ0v) is 11.6. The zero-order chi connectivity index (χ0) is 13.4. The number of nitrogens with one attached hydrogen (secondary N) is 1. The van der Waals surface area contributed by atoms with Crippen LogP contribution in [0.5, 0.6) is 0 Å². The molecule has 0 aromatic carbocycles. The number of carbonyl (C=O) groups excluding carboxylic acids is 1. The van der Waals surface area contributed by atoms with Crippen LogP contribution < -0.4 is 5.32 Å². The average Bonchev–Trinajstić information content (AvgIpc) is 2.78. The fourth-order valence-corrected chi connectivity index (χ4v) is 2.46. The number of thiophene rings is 1. The van der Waals surface area contributed by atoms with E-state index in [-0.39, 0.29) is 5.91 Å². The quantitative estimate of drug-likeness (QED) is 0.754. The van der Waals surface area contributed by atoms with Crippen molar-refractivity contribution in [2.75, 3.05) is 12.0 Å². The Morgan fingerprint density at radius 2 is 2.33 bits per heavy atom. The highest BCUT2D eigenvalue weighted by Gasteiger charge is 2.05. The molecule has 6 heteroatoms. The lowest BCUT2D eigenvalue weighted by atomic mass is 10.2. The first-order valence-electron chi connectivity index (χ1n) is 5.36. The average molecular weight is 285 g/mol. The molecule has 0 saturated carbocycles. The summed E-state index contributed by atoms with van der Waals surface area (Å²) in [6.07, 6.45) is 5.11. The summed E-state index contributed by atoms with van der Waals surface area (Å²) in [5, 5.41) is 13.3. The summed E-state index contributed by atoms with van der Waals surface area (Å²) in [4.78, 5) is 22.8. The smallest absolute Gasteiger partial charge is 0.328 e. The van der Waals surface area contributed by atoms with Crippen molar-refractivity contribution >= 4 is 41.1 Å². The minimum absolute atomic E-state index is 0.0194. The van der Waals surface area contributed by atoms with E-state index >= 15 is 0 Å². The molecule has 2 N–H and O–H groups in total. The molecule has 1 amide bonds. The second-order valence-corrected chi connectivity index (χ2v) is 5.48. The molecule has 0 fully saturated rings. The van der Waals surface area contributed by atoms with Gasteiger partial charge in [-0.2, -0.15) is 11.8 Å². The third kappa shape index (κ3) is 5.37.